The molecular weight excluding hydrogens is 312 g/mol. The van der Waals surface area contributed by atoms with Crippen LogP contribution in [0.5, 0.6) is 0 Å². The van der Waals surface area contributed by atoms with Crippen LogP contribution in [0.25, 0.3) is 0 Å². The molecule has 0 unspecified atom stereocenters. The fourth-order valence-electron chi connectivity index (χ4n) is 2.65. The first kappa shape index (κ1) is 17.9. The minimum Gasteiger partial charge on any atom is -0.354 e. The van der Waals surface area contributed by atoms with E-state index in [-0.39, 0.29) is 29.4 Å². The Morgan fingerprint density at radius 1 is 1.26 bits per heavy atom. The van der Waals surface area contributed by atoms with Crippen molar-refractivity contribution in [3.8, 4) is 0 Å². The summed E-state index contributed by atoms with van der Waals surface area (Å²) in [7, 11) is -2.90. The fourth-order valence-corrected chi connectivity index (χ4v) is 3.93. The van der Waals surface area contributed by atoms with Gasteiger partial charge in [0.1, 0.15) is 0 Å². The molecule has 0 atom stereocenters. The molecule has 1 saturated heterocycles. The van der Waals surface area contributed by atoms with E-state index in [0.717, 1.165) is 0 Å². The van der Waals surface area contributed by atoms with E-state index >= 15 is 0 Å². The Bertz CT molecular complexity index is 654. The Morgan fingerprint density at radius 2 is 1.91 bits per heavy atom. The predicted octanol–water partition coefficient (Wildman–Crippen LogP) is 1.12. The van der Waals surface area contributed by atoms with Crippen LogP contribution in [-0.4, -0.2) is 56.9 Å². The predicted molar refractivity (Wildman–Crippen MR) is 92.3 cm³/mol. The van der Waals surface area contributed by atoms with Crippen molar-refractivity contribution < 1.29 is 13.2 Å². The summed E-state index contributed by atoms with van der Waals surface area (Å²) in [6.07, 6.45) is 0. The Balaban J connectivity index is 1.84. The maximum Gasteiger partial charge on any atom is 0.234 e. The zero-order chi connectivity index (χ0) is 17.1. The standard InChI is InChI=1S/C17H26N2O3S/c1-14-5-4-6-15(11-14)17(2,3)13-18-16(20)12-19-7-9-23(21,22)10-8-19/h4-6,11H,7-10,12-13H2,1-3H3,(H,18,20). The van der Waals surface area contributed by atoms with E-state index in [1.807, 2.05) is 11.0 Å². The highest BCUT2D eigenvalue weighted by Crippen LogP contribution is 2.23. The molecule has 0 radical (unpaired) electrons. The Kier molecular flexibility index (Phi) is 5.47. The maximum absolute atomic E-state index is 12.1. The van der Waals surface area contributed by atoms with E-state index in [1.165, 1.54) is 11.1 Å². The Hall–Kier alpha value is -1.40. The molecular formula is C17H26N2O3S. The summed E-state index contributed by atoms with van der Waals surface area (Å²) in [6.45, 7) is 7.97. The first-order valence-electron chi connectivity index (χ1n) is 7.95. The van der Waals surface area contributed by atoms with E-state index in [9.17, 15) is 13.2 Å². The van der Waals surface area contributed by atoms with Crippen molar-refractivity contribution in [2.24, 2.45) is 0 Å². The number of nitrogens with one attached hydrogen (secondary N) is 1. The van der Waals surface area contributed by atoms with Crippen LogP contribution in [0.4, 0.5) is 0 Å². The lowest BCUT2D eigenvalue weighted by molar-refractivity contribution is -0.122. The fraction of sp³-hybridized carbons (Fsp3) is 0.588. The monoisotopic (exact) mass is 338 g/mol. The van der Waals surface area contributed by atoms with Crippen molar-refractivity contribution >= 4 is 15.7 Å². The van der Waals surface area contributed by atoms with Crippen LogP contribution in [0.3, 0.4) is 0 Å². The van der Waals surface area contributed by atoms with Crippen LogP contribution in [-0.2, 0) is 20.0 Å². The number of amides is 1. The topological polar surface area (TPSA) is 66.5 Å². The van der Waals surface area contributed by atoms with Crippen molar-refractivity contribution in [2.45, 2.75) is 26.2 Å². The third-order valence-electron chi connectivity index (χ3n) is 4.33. The second-order valence-electron chi connectivity index (χ2n) is 6.96. The number of benzene rings is 1. The Morgan fingerprint density at radius 3 is 2.52 bits per heavy atom. The van der Waals surface area contributed by atoms with Gasteiger partial charge in [-0.25, -0.2) is 8.42 Å². The summed E-state index contributed by atoms with van der Waals surface area (Å²) >= 11 is 0. The van der Waals surface area contributed by atoms with Crippen LogP contribution < -0.4 is 5.32 Å². The summed E-state index contributed by atoms with van der Waals surface area (Å²) in [4.78, 5) is 14.0. The van der Waals surface area contributed by atoms with E-state index in [1.54, 1.807) is 0 Å². The molecule has 2 rings (SSSR count). The van der Waals surface area contributed by atoms with Gasteiger partial charge in [-0.15, -0.1) is 0 Å². The van der Waals surface area contributed by atoms with E-state index in [4.69, 9.17) is 0 Å². The second kappa shape index (κ2) is 7.01. The van der Waals surface area contributed by atoms with Gasteiger partial charge in [0, 0.05) is 25.0 Å². The van der Waals surface area contributed by atoms with E-state index in [2.05, 4.69) is 44.3 Å². The third-order valence-corrected chi connectivity index (χ3v) is 5.94. The molecule has 0 aromatic heterocycles. The van der Waals surface area contributed by atoms with Crippen molar-refractivity contribution in [1.82, 2.24) is 10.2 Å². The number of rotatable bonds is 5. The average molecular weight is 338 g/mol. The molecule has 1 aliphatic heterocycles. The maximum atomic E-state index is 12.1. The zero-order valence-corrected chi connectivity index (χ0v) is 14.9. The summed E-state index contributed by atoms with van der Waals surface area (Å²) < 4.78 is 22.8. The second-order valence-corrected chi connectivity index (χ2v) is 9.26. The molecule has 0 spiro atoms. The summed E-state index contributed by atoms with van der Waals surface area (Å²) in [6, 6.07) is 8.31. The molecule has 1 N–H and O–H groups in total. The molecule has 5 nitrogen and oxygen atoms in total. The van der Waals surface area contributed by atoms with Gasteiger partial charge >= 0.3 is 0 Å². The molecule has 128 valence electrons. The highest BCUT2D eigenvalue weighted by Gasteiger charge is 2.25. The smallest absolute Gasteiger partial charge is 0.234 e. The third kappa shape index (κ3) is 5.32. The molecule has 1 amide bonds. The van der Waals surface area contributed by atoms with Crippen molar-refractivity contribution in [3.63, 3.8) is 0 Å². The largest absolute Gasteiger partial charge is 0.354 e. The molecule has 0 aliphatic carbocycles. The first-order valence-corrected chi connectivity index (χ1v) is 9.77. The van der Waals surface area contributed by atoms with Crippen LogP contribution in [0.1, 0.15) is 25.0 Å². The van der Waals surface area contributed by atoms with E-state index < -0.39 is 9.84 Å². The number of nitrogens with zero attached hydrogens (tertiary/aromatic N) is 1. The van der Waals surface area contributed by atoms with Gasteiger partial charge in [0.25, 0.3) is 0 Å². The quantitative estimate of drug-likeness (QED) is 0.874. The number of hydrogen-bond acceptors (Lipinski definition) is 4. The van der Waals surface area contributed by atoms with E-state index in [0.29, 0.717) is 19.6 Å². The van der Waals surface area contributed by atoms with Crippen molar-refractivity contribution in [3.05, 3.63) is 35.4 Å². The number of sulfone groups is 1. The van der Waals surface area contributed by atoms with Crippen molar-refractivity contribution in [1.29, 1.82) is 0 Å². The highest BCUT2D eigenvalue weighted by molar-refractivity contribution is 7.91. The van der Waals surface area contributed by atoms with Gasteiger partial charge in [0.2, 0.25) is 5.91 Å². The molecule has 1 fully saturated rings. The van der Waals surface area contributed by atoms with Gasteiger partial charge in [-0.2, -0.15) is 0 Å². The number of carbonyl (C=O) groups is 1. The van der Waals surface area contributed by atoms with Gasteiger partial charge in [0.15, 0.2) is 9.84 Å². The van der Waals surface area contributed by atoms with Crippen LogP contribution in [0.15, 0.2) is 24.3 Å². The van der Waals surface area contributed by atoms with Crippen LogP contribution >= 0.6 is 0 Å². The average Bonchev–Trinajstić information content (AvgIpc) is 2.48. The lowest BCUT2D eigenvalue weighted by Crippen LogP contribution is -2.47. The molecule has 6 heteroatoms. The van der Waals surface area contributed by atoms with Crippen LogP contribution in [0.2, 0.25) is 0 Å². The van der Waals surface area contributed by atoms with Crippen molar-refractivity contribution in [2.75, 3.05) is 37.7 Å². The summed E-state index contributed by atoms with van der Waals surface area (Å²) in [5.41, 5.74) is 2.26. The van der Waals surface area contributed by atoms with Crippen LogP contribution in [0, 0.1) is 6.92 Å². The highest BCUT2D eigenvalue weighted by atomic mass is 32.2. The lowest BCUT2D eigenvalue weighted by atomic mass is 9.84. The van der Waals surface area contributed by atoms with Gasteiger partial charge in [-0.3, -0.25) is 9.69 Å². The molecule has 1 aromatic carbocycles. The zero-order valence-electron chi connectivity index (χ0n) is 14.1. The minimum atomic E-state index is -2.90. The van der Waals surface area contributed by atoms with Gasteiger partial charge in [-0.05, 0) is 12.5 Å². The number of hydrogen-bond donors (Lipinski definition) is 1. The molecule has 23 heavy (non-hydrogen) atoms. The molecule has 1 aliphatic rings. The Labute approximate surface area is 139 Å². The number of aryl methyl sites for hydroxylation is 1. The summed E-state index contributed by atoms with van der Waals surface area (Å²) in [5.74, 6) is 0.245. The molecule has 1 heterocycles. The molecule has 0 saturated carbocycles. The molecule has 0 bridgehead atoms. The minimum absolute atomic E-state index is 0.0509. The van der Waals surface area contributed by atoms with Gasteiger partial charge < -0.3 is 5.32 Å². The molecule has 1 aromatic rings. The SMILES string of the molecule is Cc1cccc(C(C)(C)CNC(=O)CN2CCS(=O)(=O)CC2)c1. The first-order chi connectivity index (χ1) is 10.7. The van der Waals surface area contributed by atoms with Gasteiger partial charge in [0.05, 0.1) is 18.1 Å². The van der Waals surface area contributed by atoms with Gasteiger partial charge in [-0.1, -0.05) is 43.7 Å². The summed E-state index contributed by atoms with van der Waals surface area (Å²) in [5, 5.41) is 2.98. The lowest BCUT2D eigenvalue weighted by Gasteiger charge is -2.28. The number of carbonyl (C=O) groups excluding carboxylic acids is 1. The normalized spacial score (nSPS) is 18.6.